The average molecular weight is 185 g/mol. The van der Waals surface area contributed by atoms with E-state index in [0.29, 0.717) is 0 Å². The van der Waals surface area contributed by atoms with Gasteiger partial charge in [0.1, 0.15) is 5.75 Å². The number of ketones is 1. The van der Waals surface area contributed by atoms with Gasteiger partial charge in [0.25, 0.3) is 0 Å². The van der Waals surface area contributed by atoms with Crippen LogP contribution in [0.5, 0.6) is 5.75 Å². The second-order valence-corrected chi connectivity index (χ2v) is 3.15. The Bertz CT molecular complexity index is 294. The summed E-state index contributed by atoms with van der Waals surface area (Å²) >= 11 is 5.57. The lowest BCUT2D eigenvalue weighted by molar-refractivity contribution is 0.0989. The predicted octanol–water partition coefficient (Wildman–Crippen LogP) is 2.20. The molecule has 3 heteroatoms. The van der Waals surface area contributed by atoms with Crippen LogP contribution in [-0.4, -0.2) is 16.3 Å². The van der Waals surface area contributed by atoms with Crippen molar-refractivity contribution in [3.63, 3.8) is 0 Å². The minimum Gasteiger partial charge on any atom is -0.507 e. The van der Waals surface area contributed by atoms with Gasteiger partial charge in [-0.2, -0.15) is 0 Å². The van der Waals surface area contributed by atoms with Crippen LogP contribution in [0.4, 0.5) is 0 Å². The molecular weight excluding hydrogens is 176 g/mol. The average Bonchev–Trinajstić information content (AvgIpc) is 2.04. The Morgan fingerprint density at radius 3 is 2.58 bits per heavy atom. The van der Waals surface area contributed by atoms with E-state index in [1.807, 2.05) is 0 Å². The number of hydrogen-bond donors (Lipinski definition) is 1. The molecule has 1 aromatic rings. The van der Waals surface area contributed by atoms with Crippen molar-refractivity contribution in [2.45, 2.75) is 12.3 Å². The van der Waals surface area contributed by atoms with Crippen LogP contribution in [0.15, 0.2) is 24.3 Å². The number of Topliss-reactive ketones (excluding diaryl/α,β-unsaturated/α-hetero) is 1. The minimum absolute atomic E-state index is 0.0185. The van der Waals surface area contributed by atoms with Crippen molar-refractivity contribution in [3.8, 4) is 5.75 Å². The summed E-state index contributed by atoms with van der Waals surface area (Å²) in [5, 5.41) is 8.65. The Morgan fingerprint density at radius 1 is 1.50 bits per heavy atom. The third-order valence-electron chi connectivity index (χ3n) is 1.53. The van der Waals surface area contributed by atoms with Crippen LogP contribution in [0.2, 0.25) is 0 Å². The van der Waals surface area contributed by atoms with Crippen molar-refractivity contribution in [1.29, 1.82) is 0 Å². The third-order valence-corrected chi connectivity index (χ3v) is 1.73. The van der Waals surface area contributed by atoms with E-state index in [1.54, 1.807) is 25.1 Å². The summed E-state index contributed by atoms with van der Waals surface area (Å²) in [6.07, 6.45) is 0. The van der Waals surface area contributed by atoms with Crippen molar-refractivity contribution >= 4 is 17.4 Å². The molecule has 1 aromatic carbocycles. The number of phenolic OH excluding ortho intramolecular Hbond substituents is 1. The van der Waals surface area contributed by atoms with Gasteiger partial charge >= 0.3 is 0 Å². The number of carbonyl (C=O) groups is 1. The van der Waals surface area contributed by atoms with Gasteiger partial charge in [-0.15, -0.1) is 11.6 Å². The molecule has 0 bridgehead atoms. The summed E-state index contributed by atoms with van der Waals surface area (Å²) in [5.41, 5.74) is 0.278. The fraction of sp³-hybridized carbons (Fsp3) is 0.222. The fourth-order valence-electron chi connectivity index (χ4n) is 0.896. The molecule has 0 saturated carbocycles. The summed E-state index contributed by atoms with van der Waals surface area (Å²) in [5.74, 6) is -0.273. The Kier molecular flexibility index (Phi) is 2.71. The largest absolute Gasteiger partial charge is 0.507 e. The summed E-state index contributed by atoms with van der Waals surface area (Å²) in [4.78, 5) is 11.3. The van der Waals surface area contributed by atoms with Crippen molar-refractivity contribution in [2.24, 2.45) is 0 Å². The number of phenols is 1. The van der Waals surface area contributed by atoms with E-state index in [0.717, 1.165) is 0 Å². The second kappa shape index (κ2) is 3.59. The smallest absolute Gasteiger partial charge is 0.184 e. The first-order valence-electron chi connectivity index (χ1n) is 3.59. The first-order chi connectivity index (χ1) is 5.63. The van der Waals surface area contributed by atoms with E-state index in [4.69, 9.17) is 11.6 Å². The molecule has 0 aliphatic heterocycles. The minimum atomic E-state index is -0.599. The Balaban J connectivity index is 3.03. The SMILES string of the molecule is CC(Cl)C(=O)c1ccccc1O. The summed E-state index contributed by atoms with van der Waals surface area (Å²) in [6, 6.07) is 6.36. The maximum absolute atomic E-state index is 11.3. The van der Waals surface area contributed by atoms with Crippen LogP contribution in [0.1, 0.15) is 17.3 Å². The first kappa shape index (κ1) is 9.07. The van der Waals surface area contributed by atoms with Gasteiger partial charge in [-0.1, -0.05) is 12.1 Å². The van der Waals surface area contributed by atoms with Crippen LogP contribution in [0.3, 0.4) is 0 Å². The van der Waals surface area contributed by atoms with Gasteiger partial charge in [-0.05, 0) is 19.1 Å². The van der Waals surface area contributed by atoms with Crippen molar-refractivity contribution in [2.75, 3.05) is 0 Å². The first-order valence-corrected chi connectivity index (χ1v) is 4.03. The lowest BCUT2D eigenvalue weighted by atomic mass is 10.1. The van der Waals surface area contributed by atoms with Crippen LogP contribution < -0.4 is 0 Å². The number of rotatable bonds is 2. The number of carbonyl (C=O) groups excluding carboxylic acids is 1. The van der Waals surface area contributed by atoms with Gasteiger partial charge < -0.3 is 5.11 Å². The van der Waals surface area contributed by atoms with E-state index in [9.17, 15) is 9.90 Å². The Morgan fingerprint density at radius 2 is 2.08 bits per heavy atom. The standard InChI is InChI=1S/C9H9ClO2/c1-6(10)9(12)7-4-2-3-5-8(7)11/h2-6,11H,1H3. The lowest BCUT2D eigenvalue weighted by Crippen LogP contribution is -2.10. The molecule has 64 valence electrons. The lowest BCUT2D eigenvalue weighted by Gasteiger charge is -2.03. The van der Waals surface area contributed by atoms with Crippen LogP contribution in [-0.2, 0) is 0 Å². The van der Waals surface area contributed by atoms with Crippen LogP contribution in [0, 0.1) is 0 Å². The van der Waals surface area contributed by atoms with Crippen molar-refractivity contribution in [1.82, 2.24) is 0 Å². The molecule has 12 heavy (non-hydrogen) atoms. The molecule has 0 saturated heterocycles. The summed E-state index contributed by atoms with van der Waals surface area (Å²) < 4.78 is 0. The molecule has 1 unspecified atom stereocenters. The third kappa shape index (κ3) is 1.77. The molecule has 2 nitrogen and oxygen atoms in total. The zero-order chi connectivity index (χ0) is 9.14. The Hall–Kier alpha value is -1.02. The van der Waals surface area contributed by atoms with E-state index in [1.165, 1.54) is 6.07 Å². The van der Waals surface area contributed by atoms with E-state index in [-0.39, 0.29) is 17.1 Å². The van der Waals surface area contributed by atoms with Gasteiger partial charge in [0.15, 0.2) is 5.78 Å². The fourth-order valence-corrected chi connectivity index (χ4v) is 1.01. The highest BCUT2D eigenvalue weighted by molar-refractivity contribution is 6.33. The molecule has 0 aliphatic rings. The zero-order valence-corrected chi connectivity index (χ0v) is 7.38. The highest BCUT2D eigenvalue weighted by Gasteiger charge is 2.14. The van der Waals surface area contributed by atoms with Crippen molar-refractivity contribution in [3.05, 3.63) is 29.8 Å². The number of benzene rings is 1. The molecule has 1 N–H and O–H groups in total. The Labute approximate surface area is 75.8 Å². The predicted molar refractivity (Wildman–Crippen MR) is 47.8 cm³/mol. The van der Waals surface area contributed by atoms with E-state index >= 15 is 0 Å². The van der Waals surface area contributed by atoms with Gasteiger partial charge in [0, 0.05) is 0 Å². The van der Waals surface area contributed by atoms with Gasteiger partial charge in [0.05, 0.1) is 10.9 Å². The maximum atomic E-state index is 11.3. The highest BCUT2D eigenvalue weighted by Crippen LogP contribution is 2.18. The van der Waals surface area contributed by atoms with E-state index < -0.39 is 5.38 Å². The molecule has 0 radical (unpaired) electrons. The molecule has 1 rings (SSSR count). The monoisotopic (exact) mass is 184 g/mol. The zero-order valence-electron chi connectivity index (χ0n) is 6.62. The molecule has 1 atom stereocenters. The number of hydrogen-bond acceptors (Lipinski definition) is 2. The number of halogens is 1. The number of alkyl halides is 1. The van der Waals surface area contributed by atoms with E-state index in [2.05, 4.69) is 0 Å². The van der Waals surface area contributed by atoms with Gasteiger partial charge in [-0.3, -0.25) is 4.79 Å². The maximum Gasteiger partial charge on any atom is 0.184 e. The number of para-hydroxylation sites is 1. The normalized spacial score (nSPS) is 12.5. The molecular formula is C9H9ClO2. The van der Waals surface area contributed by atoms with Gasteiger partial charge in [0.2, 0.25) is 0 Å². The molecule has 0 heterocycles. The van der Waals surface area contributed by atoms with Crippen molar-refractivity contribution < 1.29 is 9.90 Å². The molecule has 0 aromatic heterocycles. The summed E-state index contributed by atoms with van der Waals surface area (Å²) in [6.45, 7) is 1.58. The topological polar surface area (TPSA) is 37.3 Å². The second-order valence-electron chi connectivity index (χ2n) is 2.50. The van der Waals surface area contributed by atoms with Gasteiger partial charge in [-0.25, -0.2) is 0 Å². The quantitative estimate of drug-likeness (QED) is 0.565. The highest BCUT2D eigenvalue weighted by atomic mass is 35.5. The molecule has 0 spiro atoms. The van der Waals surface area contributed by atoms with Crippen LogP contribution in [0.25, 0.3) is 0 Å². The number of aromatic hydroxyl groups is 1. The summed E-state index contributed by atoms with van der Waals surface area (Å²) in [7, 11) is 0. The molecule has 0 amide bonds. The molecule has 0 aliphatic carbocycles. The van der Waals surface area contributed by atoms with Crippen LogP contribution >= 0.6 is 11.6 Å². The molecule has 0 fully saturated rings.